The van der Waals surface area contributed by atoms with Crippen LogP contribution in [0.25, 0.3) is 6.08 Å². The predicted molar refractivity (Wildman–Crippen MR) is 68.2 cm³/mol. The molecular weight excluding hydrogens is 252 g/mol. The number of carbonyl (C=O) groups is 1. The summed E-state index contributed by atoms with van der Waals surface area (Å²) in [4.78, 5) is 11.3. The average molecular weight is 266 g/mol. The first-order valence-corrected chi connectivity index (χ1v) is 7.18. The van der Waals surface area contributed by atoms with E-state index in [4.69, 9.17) is 5.11 Å². The zero-order chi connectivity index (χ0) is 13.5. The molecule has 18 heavy (non-hydrogen) atoms. The van der Waals surface area contributed by atoms with Gasteiger partial charge in [0.05, 0.1) is 10.1 Å². The summed E-state index contributed by atoms with van der Waals surface area (Å²) >= 11 is 0. The summed E-state index contributed by atoms with van der Waals surface area (Å²) in [5.41, 5.74) is 1.06. The third-order valence-electron chi connectivity index (χ3n) is 3.08. The van der Waals surface area contributed by atoms with Crippen LogP contribution in [-0.4, -0.2) is 24.7 Å². The van der Waals surface area contributed by atoms with Crippen LogP contribution in [0.4, 0.5) is 0 Å². The molecule has 0 heterocycles. The van der Waals surface area contributed by atoms with E-state index in [9.17, 15) is 13.2 Å². The normalized spacial score (nSPS) is 18.1. The van der Waals surface area contributed by atoms with Crippen molar-refractivity contribution >= 4 is 21.9 Å². The molecule has 96 valence electrons. The van der Waals surface area contributed by atoms with Crippen LogP contribution >= 0.6 is 0 Å². The van der Waals surface area contributed by atoms with Gasteiger partial charge < -0.3 is 5.11 Å². The third kappa shape index (κ3) is 1.84. The Balaban J connectivity index is 2.63. The van der Waals surface area contributed by atoms with Crippen molar-refractivity contribution in [2.75, 3.05) is 0 Å². The molecule has 5 heteroatoms. The number of fused-ring (bicyclic) bond motifs is 1. The summed E-state index contributed by atoms with van der Waals surface area (Å²) in [6.45, 7) is 3.23. The van der Waals surface area contributed by atoms with E-state index in [1.807, 2.05) is 0 Å². The first kappa shape index (κ1) is 12.8. The molecule has 0 aromatic heterocycles. The maximum atomic E-state index is 12.2. The Kier molecular flexibility index (Phi) is 3.02. The Morgan fingerprint density at radius 1 is 1.33 bits per heavy atom. The fraction of sp³-hybridized carbons (Fsp3) is 0.308. The Bertz CT molecular complexity index is 626. The molecule has 1 atom stereocenters. The number of sulfone groups is 1. The van der Waals surface area contributed by atoms with Crippen LogP contribution in [0.5, 0.6) is 0 Å². The molecule has 0 fully saturated rings. The van der Waals surface area contributed by atoms with E-state index in [-0.39, 0.29) is 4.90 Å². The van der Waals surface area contributed by atoms with Gasteiger partial charge in [-0.3, -0.25) is 4.79 Å². The van der Waals surface area contributed by atoms with Crippen LogP contribution in [0.1, 0.15) is 30.9 Å². The van der Waals surface area contributed by atoms with E-state index >= 15 is 0 Å². The minimum absolute atomic E-state index is 0.218. The minimum atomic E-state index is -3.40. The van der Waals surface area contributed by atoms with Gasteiger partial charge in [-0.25, -0.2) is 8.42 Å². The Hall–Kier alpha value is -1.62. The van der Waals surface area contributed by atoms with Crippen molar-refractivity contribution in [3.05, 3.63) is 35.4 Å². The summed E-state index contributed by atoms with van der Waals surface area (Å²) in [5, 5.41) is 8.54. The van der Waals surface area contributed by atoms with E-state index in [0.29, 0.717) is 11.1 Å². The Morgan fingerprint density at radius 3 is 2.56 bits per heavy atom. The highest BCUT2D eigenvalue weighted by molar-refractivity contribution is 7.92. The lowest BCUT2D eigenvalue weighted by Crippen LogP contribution is -2.16. The third-order valence-corrected chi connectivity index (χ3v) is 5.29. The molecule has 0 saturated heterocycles. The second kappa shape index (κ2) is 4.24. The molecule has 0 spiro atoms. The molecule has 2 rings (SSSR count). The second-order valence-electron chi connectivity index (χ2n) is 4.53. The summed E-state index contributed by atoms with van der Waals surface area (Å²) in [5.74, 6) is -1.72. The highest BCUT2D eigenvalue weighted by Gasteiger charge is 2.30. The van der Waals surface area contributed by atoms with Crippen LogP contribution in [-0.2, 0) is 14.6 Å². The highest BCUT2D eigenvalue weighted by Crippen LogP contribution is 2.35. The quantitative estimate of drug-likeness (QED) is 0.909. The second-order valence-corrected chi connectivity index (χ2v) is 7.00. The standard InChI is InChI=1S/C13H14O4S/c1-8(2)18(16,17)12-5-3-4-9-10(12)6-7-11(9)13(14)15/h3-8,11H,1-2H3,(H,14,15). The molecule has 0 amide bonds. The number of benzene rings is 1. The molecule has 0 saturated carbocycles. The van der Waals surface area contributed by atoms with Gasteiger partial charge in [-0.15, -0.1) is 0 Å². The van der Waals surface area contributed by atoms with Crippen LogP contribution in [0, 0.1) is 0 Å². The summed E-state index contributed by atoms with van der Waals surface area (Å²) in [7, 11) is -3.40. The molecule has 1 aliphatic rings. The lowest BCUT2D eigenvalue weighted by atomic mass is 10.0. The van der Waals surface area contributed by atoms with E-state index in [1.54, 1.807) is 32.1 Å². The van der Waals surface area contributed by atoms with Gasteiger partial charge in [0.15, 0.2) is 9.84 Å². The fourth-order valence-electron chi connectivity index (χ4n) is 2.02. The molecule has 0 aliphatic heterocycles. The van der Waals surface area contributed by atoms with Gasteiger partial charge in [-0.1, -0.05) is 24.3 Å². The largest absolute Gasteiger partial charge is 0.481 e. The first-order valence-electron chi connectivity index (χ1n) is 5.63. The van der Waals surface area contributed by atoms with Gasteiger partial charge in [0.2, 0.25) is 0 Å². The van der Waals surface area contributed by atoms with Gasteiger partial charge in [-0.2, -0.15) is 0 Å². The number of aliphatic carboxylic acids is 1. The maximum absolute atomic E-state index is 12.2. The number of rotatable bonds is 3. The van der Waals surface area contributed by atoms with Crippen molar-refractivity contribution < 1.29 is 18.3 Å². The molecule has 0 radical (unpaired) electrons. The van der Waals surface area contributed by atoms with Crippen molar-refractivity contribution in [1.29, 1.82) is 0 Å². The lowest BCUT2D eigenvalue weighted by Gasteiger charge is -2.13. The van der Waals surface area contributed by atoms with Crippen LogP contribution in [0.3, 0.4) is 0 Å². The number of carboxylic acids is 1. The van der Waals surface area contributed by atoms with Gasteiger partial charge in [0, 0.05) is 0 Å². The predicted octanol–water partition coefficient (Wildman–Crippen LogP) is 2.06. The van der Waals surface area contributed by atoms with E-state index < -0.39 is 27.0 Å². The summed E-state index contributed by atoms with van der Waals surface area (Å²) in [6.07, 6.45) is 3.11. The van der Waals surface area contributed by atoms with Crippen molar-refractivity contribution in [3.63, 3.8) is 0 Å². The minimum Gasteiger partial charge on any atom is -0.481 e. The molecule has 1 aliphatic carbocycles. The molecule has 1 unspecified atom stereocenters. The van der Waals surface area contributed by atoms with E-state index in [2.05, 4.69) is 0 Å². The molecule has 4 nitrogen and oxygen atoms in total. The van der Waals surface area contributed by atoms with Crippen LogP contribution < -0.4 is 0 Å². The van der Waals surface area contributed by atoms with Gasteiger partial charge in [0.1, 0.15) is 5.92 Å². The Morgan fingerprint density at radius 2 is 2.00 bits per heavy atom. The van der Waals surface area contributed by atoms with Crippen molar-refractivity contribution in [1.82, 2.24) is 0 Å². The van der Waals surface area contributed by atoms with Crippen molar-refractivity contribution in [2.45, 2.75) is 29.9 Å². The van der Waals surface area contributed by atoms with Crippen LogP contribution in [0.15, 0.2) is 29.2 Å². The number of hydrogen-bond donors (Lipinski definition) is 1. The van der Waals surface area contributed by atoms with Gasteiger partial charge in [0.25, 0.3) is 0 Å². The molecular formula is C13H14O4S. The summed E-state index contributed by atoms with van der Waals surface area (Å²) in [6, 6.07) is 4.78. The van der Waals surface area contributed by atoms with Gasteiger partial charge in [-0.05, 0) is 31.0 Å². The SMILES string of the molecule is CC(C)S(=O)(=O)c1cccc2c1C=CC2C(=O)O. The maximum Gasteiger partial charge on any atom is 0.314 e. The Labute approximate surface area is 106 Å². The fourth-order valence-corrected chi connectivity index (χ4v) is 3.29. The zero-order valence-corrected chi connectivity index (χ0v) is 10.9. The van der Waals surface area contributed by atoms with Gasteiger partial charge >= 0.3 is 5.97 Å². The topological polar surface area (TPSA) is 71.4 Å². The molecule has 1 aromatic carbocycles. The summed E-state index contributed by atoms with van der Waals surface area (Å²) < 4.78 is 24.4. The van der Waals surface area contributed by atoms with E-state index in [0.717, 1.165) is 0 Å². The number of hydrogen-bond acceptors (Lipinski definition) is 3. The molecule has 0 bridgehead atoms. The highest BCUT2D eigenvalue weighted by atomic mass is 32.2. The average Bonchev–Trinajstić information content (AvgIpc) is 2.71. The van der Waals surface area contributed by atoms with Crippen molar-refractivity contribution in [2.24, 2.45) is 0 Å². The van der Waals surface area contributed by atoms with Crippen molar-refractivity contribution in [3.8, 4) is 0 Å². The smallest absolute Gasteiger partial charge is 0.314 e. The van der Waals surface area contributed by atoms with Crippen LogP contribution in [0.2, 0.25) is 0 Å². The monoisotopic (exact) mass is 266 g/mol. The number of carboxylic acid groups (broad SMARTS) is 1. The van der Waals surface area contributed by atoms with E-state index in [1.165, 1.54) is 12.1 Å². The lowest BCUT2D eigenvalue weighted by molar-refractivity contribution is -0.137. The molecule has 1 aromatic rings. The zero-order valence-electron chi connectivity index (χ0n) is 10.1. The molecule has 1 N–H and O–H groups in total. The first-order chi connectivity index (χ1) is 8.35.